The van der Waals surface area contributed by atoms with Gasteiger partial charge in [0.1, 0.15) is 10.6 Å². The number of hydrogen-bond donors (Lipinski definition) is 2. The van der Waals surface area contributed by atoms with Crippen molar-refractivity contribution in [2.75, 3.05) is 0 Å². The van der Waals surface area contributed by atoms with Crippen molar-refractivity contribution in [1.82, 2.24) is 15.8 Å². The Labute approximate surface area is 153 Å². The molecule has 0 atom stereocenters. The normalized spacial score (nSPS) is 25.3. The van der Waals surface area contributed by atoms with Crippen molar-refractivity contribution in [1.29, 1.82) is 0 Å². The van der Waals surface area contributed by atoms with Crippen molar-refractivity contribution in [2.24, 2.45) is 5.92 Å². The summed E-state index contributed by atoms with van der Waals surface area (Å²) in [6.45, 7) is 2.08. The number of carbonyl (C=O) groups excluding carboxylic acids is 3. The predicted octanol–water partition coefficient (Wildman–Crippen LogP) is 2.39. The lowest BCUT2D eigenvalue weighted by atomic mass is 9.77. The topological polar surface area (TPSA) is 122 Å². The van der Waals surface area contributed by atoms with Crippen LogP contribution in [0.2, 0.25) is 5.02 Å². The monoisotopic (exact) mass is 380 g/mol. The van der Waals surface area contributed by atoms with Crippen LogP contribution in [0.15, 0.2) is 18.2 Å². The highest BCUT2D eigenvalue weighted by molar-refractivity contribution is 6.32. The molecule has 10 heteroatoms. The molecule has 1 aromatic carbocycles. The summed E-state index contributed by atoms with van der Waals surface area (Å²) >= 11 is 5.72. The van der Waals surface area contributed by atoms with Crippen LogP contribution in [0.1, 0.15) is 43.0 Å². The highest BCUT2D eigenvalue weighted by atomic mass is 35.5. The van der Waals surface area contributed by atoms with Gasteiger partial charge in [-0.25, -0.2) is 4.79 Å². The number of nitro benzene ring substituents is 1. The minimum Gasteiger partial charge on any atom is -0.322 e. The van der Waals surface area contributed by atoms with Crippen molar-refractivity contribution >= 4 is 35.1 Å². The standard InChI is InChI=1S/C16H17ClN4O5/c1-9-4-6-16(7-5-9)14(23)20(15(24)18-16)19-13(22)10-2-3-11(17)12(8-10)21(25)26/h2-3,8-9H,4-7H2,1H3,(H,18,24)(H,19,22). The molecule has 1 spiro atoms. The SMILES string of the molecule is CC1CCC2(CC1)NC(=O)N(NC(=O)c1ccc(Cl)c([N+](=O)[O-])c1)C2=O. The van der Waals surface area contributed by atoms with E-state index in [0.29, 0.717) is 23.8 Å². The maximum absolute atomic E-state index is 12.7. The summed E-state index contributed by atoms with van der Waals surface area (Å²) < 4.78 is 0. The number of halogens is 1. The third kappa shape index (κ3) is 3.10. The molecular formula is C16H17ClN4O5. The van der Waals surface area contributed by atoms with E-state index in [1.165, 1.54) is 12.1 Å². The van der Waals surface area contributed by atoms with Gasteiger partial charge in [0.2, 0.25) is 0 Å². The number of nitrogens with one attached hydrogen (secondary N) is 2. The number of nitro groups is 1. The smallest absolute Gasteiger partial charge is 0.322 e. The molecule has 3 rings (SSSR count). The number of urea groups is 1. The Balaban J connectivity index is 1.77. The van der Waals surface area contributed by atoms with E-state index in [2.05, 4.69) is 17.7 Å². The molecule has 1 heterocycles. The number of rotatable bonds is 3. The second-order valence-corrected chi connectivity index (χ2v) is 7.11. The molecule has 4 amide bonds. The van der Waals surface area contributed by atoms with Gasteiger partial charge in [-0.3, -0.25) is 25.1 Å². The van der Waals surface area contributed by atoms with Gasteiger partial charge in [-0.15, -0.1) is 0 Å². The van der Waals surface area contributed by atoms with Crippen LogP contribution in [-0.2, 0) is 4.79 Å². The van der Waals surface area contributed by atoms with E-state index in [9.17, 15) is 24.5 Å². The third-order valence-electron chi connectivity index (χ3n) is 4.91. The van der Waals surface area contributed by atoms with Crippen LogP contribution in [0.4, 0.5) is 10.5 Å². The van der Waals surface area contributed by atoms with E-state index < -0.39 is 34.0 Å². The van der Waals surface area contributed by atoms with Crippen LogP contribution in [0.25, 0.3) is 0 Å². The molecule has 138 valence electrons. The summed E-state index contributed by atoms with van der Waals surface area (Å²) in [5.41, 5.74) is 0.728. The van der Waals surface area contributed by atoms with Crippen LogP contribution in [0.5, 0.6) is 0 Å². The molecular weight excluding hydrogens is 364 g/mol. The van der Waals surface area contributed by atoms with Crippen LogP contribution in [0.3, 0.4) is 0 Å². The molecule has 1 aliphatic heterocycles. The summed E-state index contributed by atoms with van der Waals surface area (Å²) in [6, 6.07) is 2.78. The first-order valence-electron chi connectivity index (χ1n) is 8.15. The van der Waals surface area contributed by atoms with E-state index in [-0.39, 0.29) is 10.6 Å². The van der Waals surface area contributed by atoms with Gasteiger partial charge in [-0.2, -0.15) is 5.01 Å². The molecule has 1 saturated heterocycles. The molecule has 1 saturated carbocycles. The van der Waals surface area contributed by atoms with E-state index in [1.807, 2.05) is 0 Å². The lowest BCUT2D eigenvalue weighted by Gasteiger charge is -2.33. The molecule has 2 aliphatic rings. The van der Waals surface area contributed by atoms with Crippen molar-refractivity contribution in [3.8, 4) is 0 Å². The van der Waals surface area contributed by atoms with Crippen LogP contribution >= 0.6 is 11.6 Å². The summed E-state index contributed by atoms with van der Waals surface area (Å²) in [5.74, 6) is -0.843. The van der Waals surface area contributed by atoms with Gasteiger partial charge in [0, 0.05) is 11.6 Å². The largest absolute Gasteiger partial charge is 0.344 e. The molecule has 0 bridgehead atoms. The summed E-state index contributed by atoms with van der Waals surface area (Å²) in [5, 5.41) is 14.2. The number of benzene rings is 1. The fourth-order valence-electron chi connectivity index (χ4n) is 3.28. The number of hydrogen-bond acceptors (Lipinski definition) is 5. The molecule has 0 unspecified atom stereocenters. The molecule has 1 aromatic rings. The van der Waals surface area contributed by atoms with Crippen LogP contribution in [0, 0.1) is 16.0 Å². The van der Waals surface area contributed by atoms with Crippen molar-refractivity contribution in [3.05, 3.63) is 38.9 Å². The zero-order valence-corrected chi connectivity index (χ0v) is 14.7. The highest BCUT2D eigenvalue weighted by Gasteiger charge is 2.52. The fraction of sp³-hybridized carbons (Fsp3) is 0.438. The highest BCUT2D eigenvalue weighted by Crippen LogP contribution is 2.35. The lowest BCUT2D eigenvalue weighted by molar-refractivity contribution is -0.384. The van der Waals surface area contributed by atoms with E-state index in [1.54, 1.807) is 0 Å². The van der Waals surface area contributed by atoms with Crippen molar-refractivity contribution in [2.45, 2.75) is 38.1 Å². The first kappa shape index (κ1) is 18.1. The lowest BCUT2D eigenvalue weighted by Crippen LogP contribution is -2.51. The van der Waals surface area contributed by atoms with E-state index >= 15 is 0 Å². The van der Waals surface area contributed by atoms with Gasteiger partial charge in [0.05, 0.1) is 4.92 Å². The average molecular weight is 381 g/mol. The number of nitrogens with zero attached hydrogens (tertiary/aromatic N) is 2. The molecule has 9 nitrogen and oxygen atoms in total. The summed E-state index contributed by atoms with van der Waals surface area (Å²) in [4.78, 5) is 47.4. The Bertz CT molecular complexity index is 804. The van der Waals surface area contributed by atoms with Crippen molar-refractivity contribution in [3.63, 3.8) is 0 Å². The van der Waals surface area contributed by atoms with Crippen LogP contribution in [-0.4, -0.2) is 33.3 Å². The summed E-state index contributed by atoms with van der Waals surface area (Å²) in [7, 11) is 0. The second-order valence-electron chi connectivity index (χ2n) is 6.70. The molecule has 26 heavy (non-hydrogen) atoms. The zero-order chi connectivity index (χ0) is 19.1. The van der Waals surface area contributed by atoms with Gasteiger partial charge in [0.15, 0.2) is 0 Å². The first-order chi connectivity index (χ1) is 12.2. The first-order valence-corrected chi connectivity index (χ1v) is 8.53. The molecule has 0 aromatic heterocycles. The minimum atomic E-state index is -0.983. The minimum absolute atomic E-state index is 0.0834. The zero-order valence-electron chi connectivity index (χ0n) is 14.0. The molecule has 2 fully saturated rings. The van der Waals surface area contributed by atoms with Gasteiger partial charge in [-0.05, 0) is 43.7 Å². The quantitative estimate of drug-likeness (QED) is 0.473. The molecule has 2 N–H and O–H groups in total. The third-order valence-corrected chi connectivity index (χ3v) is 5.23. The summed E-state index contributed by atoms with van der Waals surface area (Å²) in [6.07, 6.45) is 2.63. The van der Waals surface area contributed by atoms with E-state index in [0.717, 1.165) is 18.9 Å². The maximum atomic E-state index is 12.7. The predicted molar refractivity (Wildman–Crippen MR) is 91.3 cm³/mol. The van der Waals surface area contributed by atoms with Gasteiger partial charge in [-0.1, -0.05) is 18.5 Å². The molecule has 1 aliphatic carbocycles. The van der Waals surface area contributed by atoms with Gasteiger partial charge in [0.25, 0.3) is 17.5 Å². The van der Waals surface area contributed by atoms with Crippen LogP contribution < -0.4 is 10.7 Å². The Morgan fingerprint density at radius 2 is 2.04 bits per heavy atom. The number of imide groups is 1. The number of hydrazine groups is 1. The maximum Gasteiger partial charge on any atom is 0.344 e. The Morgan fingerprint density at radius 3 is 2.65 bits per heavy atom. The van der Waals surface area contributed by atoms with Gasteiger partial charge < -0.3 is 5.32 Å². The van der Waals surface area contributed by atoms with E-state index in [4.69, 9.17) is 11.6 Å². The molecule has 0 radical (unpaired) electrons. The average Bonchev–Trinajstić information content (AvgIpc) is 2.82. The van der Waals surface area contributed by atoms with Gasteiger partial charge >= 0.3 is 6.03 Å². The Kier molecular flexibility index (Phi) is 4.57. The Morgan fingerprint density at radius 1 is 1.38 bits per heavy atom. The van der Waals surface area contributed by atoms with Crippen molar-refractivity contribution < 1.29 is 19.3 Å². The number of amides is 4. The fourth-order valence-corrected chi connectivity index (χ4v) is 3.46. The number of carbonyl (C=O) groups is 3. The Hall–Kier alpha value is -2.68. The second kappa shape index (κ2) is 6.56.